The Kier molecular flexibility index (Phi) is 6.32. The second-order valence-electron chi connectivity index (χ2n) is 6.89. The van der Waals surface area contributed by atoms with Gasteiger partial charge in [0.05, 0.1) is 6.10 Å². The van der Waals surface area contributed by atoms with E-state index in [1.54, 1.807) is 24.3 Å². The number of Topliss-reactive ketones (excluding diaryl/α,β-unsaturated/α-hetero) is 1. The molecule has 0 amide bonds. The summed E-state index contributed by atoms with van der Waals surface area (Å²) < 4.78 is 1.13. The highest BCUT2D eigenvalue weighted by molar-refractivity contribution is 9.10. The molecule has 2 aromatic rings. The van der Waals surface area contributed by atoms with Crippen molar-refractivity contribution in [3.63, 3.8) is 0 Å². The average Bonchev–Trinajstić information content (AvgIpc) is 3.00. The molecule has 0 heterocycles. The van der Waals surface area contributed by atoms with Gasteiger partial charge < -0.3 is 5.11 Å². The van der Waals surface area contributed by atoms with Crippen molar-refractivity contribution in [2.75, 3.05) is 0 Å². The van der Waals surface area contributed by atoms with Gasteiger partial charge in [0.1, 0.15) is 0 Å². The normalized spacial score (nSPS) is 17.3. The minimum absolute atomic E-state index is 0.0637. The van der Waals surface area contributed by atoms with Gasteiger partial charge in [0.25, 0.3) is 0 Å². The molecule has 1 aliphatic carbocycles. The number of ketones is 1. The standard InChI is InChI=1S/C21H22BrClO2/c22-18-5-2-16-11-14(12-17(16)13-18)1-8-20(24)9-10-21(25)15-3-6-19(23)7-4-15/h2-7,13-14,20,24H,1,8-12H2. The predicted molar refractivity (Wildman–Crippen MR) is 105 cm³/mol. The Morgan fingerprint density at radius 2 is 1.84 bits per heavy atom. The molecule has 0 bridgehead atoms. The van der Waals surface area contributed by atoms with Crippen LogP contribution in [0, 0.1) is 5.92 Å². The molecule has 2 nitrogen and oxygen atoms in total. The summed E-state index contributed by atoms with van der Waals surface area (Å²) in [6.45, 7) is 0. The number of carbonyl (C=O) groups excluding carboxylic acids is 1. The number of fused-ring (bicyclic) bond motifs is 1. The molecule has 2 atom stereocenters. The molecule has 0 fully saturated rings. The van der Waals surface area contributed by atoms with Crippen LogP contribution in [0.3, 0.4) is 0 Å². The number of hydrogen-bond donors (Lipinski definition) is 1. The van der Waals surface area contributed by atoms with Gasteiger partial charge in [-0.2, -0.15) is 0 Å². The van der Waals surface area contributed by atoms with Crippen LogP contribution in [-0.2, 0) is 12.8 Å². The SMILES string of the molecule is O=C(CCC(O)CCC1Cc2ccc(Br)cc2C1)c1ccc(Cl)cc1. The molecule has 2 unspecified atom stereocenters. The largest absolute Gasteiger partial charge is 0.393 e. The molecule has 25 heavy (non-hydrogen) atoms. The van der Waals surface area contributed by atoms with Crippen LogP contribution in [0.2, 0.25) is 5.02 Å². The fraction of sp³-hybridized carbons (Fsp3) is 0.381. The molecule has 1 aliphatic rings. The highest BCUT2D eigenvalue weighted by Crippen LogP contribution is 2.32. The molecule has 0 spiro atoms. The number of hydrogen-bond acceptors (Lipinski definition) is 2. The van der Waals surface area contributed by atoms with E-state index in [-0.39, 0.29) is 5.78 Å². The quantitative estimate of drug-likeness (QED) is 0.589. The van der Waals surface area contributed by atoms with Gasteiger partial charge >= 0.3 is 0 Å². The van der Waals surface area contributed by atoms with Crippen LogP contribution in [0.1, 0.15) is 47.2 Å². The lowest BCUT2D eigenvalue weighted by molar-refractivity contribution is 0.0927. The number of aliphatic hydroxyl groups excluding tert-OH is 1. The Hall–Kier alpha value is -1.16. The summed E-state index contributed by atoms with van der Waals surface area (Å²) in [6, 6.07) is 13.4. The van der Waals surface area contributed by atoms with E-state index < -0.39 is 6.10 Å². The molecule has 0 aliphatic heterocycles. The predicted octanol–water partition coefficient (Wildman–Crippen LogP) is 5.62. The number of carbonyl (C=O) groups is 1. The van der Waals surface area contributed by atoms with E-state index in [0.717, 1.165) is 30.2 Å². The highest BCUT2D eigenvalue weighted by atomic mass is 79.9. The van der Waals surface area contributed by atoms with Crippen LogP contribution < -0.4 is 0 Å². The number of halogens is 2. The van der Waals surface area contributed by atoms with E-state index in [0.29, 0.717) is 29.3 Å². The van der Waals surface area contributed by atoms with Crippen molar-refractivity contribution < 1.29 is 9.90 Å². The van der Waals surface area contributed by atoms with Crippen LogP contribution in [0.25, 0.3) is 0 Å². The fourth-order valence-corrected chi connectivity index (χ4v) is 4.07. The third-order valence-corrected chi connectivity index (χ3v) is 5.71. The Balaban J connectivity index is 1.41. The summed E-state index contributed by atoms with van der Waals surface area (Å²) in [5.41, 5.74) is 3.51. The molecule has 2 aromatic carbocycles. The van der Waals surface area contributed by atoms with Crippen molar-refractivity contribution in [2.24, 2.45) is 5.92 Å². The molecule has 0 aromatic heterocycles. The van der Waals surface area contributed by atoms with Crippen LogP contribution in [-0.4, -0.2) is 17.0 Å². The fourth-order valence-electron chi connectivity index (χ4n) is 3.53. The monoisotopic (exact) mass is 420 g/mol. The molecule has 0 radical (unpaired) electrons. The van der Waals surface area contributed by atoms with E-state index >= 15 is 0 Å². The number of rotatable bonds is 7. The van der Waals surface area contributed by atoms with Gasteiger partial charge in [0, 0.05) is 21.5 Å². The zero-order valence-corrected chi connectivity index (χ0v) is 16.4. The second kappa shape index (κ2) is 8.48. The third-order valence-electron chi connectivity index (χ3n) is 4.96. The minimum Gasteiger partial charge on any atom is -0.393 e. The maximum Gasteiger partial charge on any atom is 0.162 e. The van der Waals surface area contributed by atoms with Crippen molar-refractivity contribution >= 4 is 33.3 Å². The third kappa shape index (κ3) is 5.16. The van der Waals surface area contributed by atoms with Crippen LogP contribution in [0.5, 0.6) is 0 Å². The zero-order chi connectivity index (χ0) is 17.8. The Bertz CT molecular complexity index is 742. The Morgan fingerprint density at radius 3 is 2.60 bits per heavy atom. The lowest BCUT2D eigenvalue weighted by Gasteiger charge is -2.13. The highest BCUT2D eigenvalue weighted by Gasteiger charge is 2.22. The van der Waals surface area contributed by atoms with E-state index in [2.05, 4.69) is 34.1 Å². The van der Waals surface area contributed by atoms with Gasteiger partial charge in [-0.1, -0.05) is 33.6 Å². The maximum atomic E-state index is 12.1. The van der Waals surface area contributed by atoms with Crippen molar-refractivity contribution in [2.45, 2.75) is 44.6 Å². The summed E-state index contributed by atoms with van der Waals surface area (Å²) in [5.74, 6) is 0.666. The molecule has 3 rings (SSSR count). The summed E-state index contributed by atoms with van der Waals surface area (Å²) in [4.78, 5) is 12.1. The van der Waals surface area contributed by atoms with Gasteiger partial charge in [-0.3, -0.25) is 4.79 Å². The smallest absolute Gasteiger partial charge is 0.162 e. The molecule has 132 valence electrons. The van der Waals surface area contributed by atoms with Crippen molar-refractivity contribution in [1.29, 1.82) is 0 Å². The van der Waals surface area contributed by atoms with Crippen LogP contribution in [0.15, 0.2) is 46.9 Å². The summed E-state index contributed by atoms with van der Waals surface area (Å²) >= 11 is 9.36. The first-order chi connectivity index (χ1) is 12.0. The van der Waals surface area contributed by atoms with Gasteiger partial charge in [-0.15, -0.1) is 0 Å². The average molecular weight is 422 g/mol. The first-order valence-corrected chi connectivity index (χ1v) is 9.92. The maximum absolute atomic E-state index is 12.1. The summed E-state index contributed by atoms with van der Waals surface area (Å²) in [6.07, 6.45) is 4.43. The molecular weight excluding hydrogens is 400 g/mol. The molecule has 4 heteroatoms. The van der Waals surface area contributed by atoms with Gasteiger partial charge in [-0.05, 0) is 85.5 Å². The van der Waals surface area contributed by atoms with Crippen LogP contribution in [0.4, 0.5) is 0 Å². The first-order valence-electron chi connectivity index (χ1n) is 8.75. The number of aliphatic hydroxyl groups is 1. The van der Waals surface area contributed by atoms with Crippen molar-refractivity contribution in [3.05, 3.63) is 68.7 Å². The summed E-state index contributed by atoms with van der Waals surface area (Å²) in [7, 11) is 0. The Labute approximate surface area is 162 Å². The van der Waals surface area contributed by atoms with E-state index in [1.165, 1.54) is 11.1 Å². The van der Waals surface area contributed by atoms with Gasteiger partial charge in [-0.25, -0.2) is 0 Å². The van der Waals surface area contributed by atoms with Gasteiger partial charge in [0.2, 0.25) is 0 Å². The first kappa shape index (κ1) is 18.6. The lowest BCUT2D eigenvalue weighted by atomic mass is 9.95. The van der Waals surface area contributed by atoms with Crippen LogP contribution >= 0.6 is 27.5 Å². The van der Waals surface area contributed by atoms with Crippen molar-refractivity contribution in [1.82, 2.24) is 0 Å². The Morgan fingerprint density at radius 1 is 1.12 bits per heavy atom. The topological polar surface area (TPSA) is 37.3 Å². The van der Waals surface area contributed by atoms with Gasteiger partial charge in [0.15, 0.2) is 5.78 Å². The second-order valence-corrected chi connectivity index (χ2v) is 8.24. The molecule has 0 saturated heterocycles. The minimum atomic E-state index is -0.410. The van der Waals surface area contributed by atoms with E-state index in [1.807, 2.05) is 0 Å². The van der Waals surface area contributed by atoms with E-state index in [9.17, 15) is 9.90 Å². The van der Waals surface area contributed by atoms with Crippen molar-refractivity contribution in [3.8, 4) is 0 Å². The number of benzene rings is 2. The molecule has 0 saturated carbocycles. The zero-order valence-electron chi connectivity index (χ0n) is 14.1. The van der Waals surface area contributed by atoms with E-state index in [4.69, 9.17) is 11.6 Å². The summed E-state index contributed by atoms with van der Waals surface area (Å²) in [5, 5.41) is 10.9. The lowest BCUT2D eigenvalue weighted by Crippen LogP contribution is -2.12. The molecule has 1 N–H and O–H groups in total. The molecular formula is C21H22BrClO2.